The van der Waals surface area contributed by atoms with Gasteiger partial charge in [0, 0.05) is 19.7 Å². The van der Waals surface area contributed by atoms with Gasteiger partial charge in [0.15, 0.2) is 5.84 Å². The summed E-state index contributed by atoms with van der Waals surface area (Å²) in [5.41, 5.74) is 1.07. The van der Waals surface area contributed by atoms with Crippen LogP contribution in [0.4, 0.5) is 4.79 Å². The molecule has 2 amide bonds. The second-order valence-corrected chi connectivity index (χ2v) is 6.03. The fourth-order valence-corrected chi connectivity index (χ4v) is 3.32. The molecule has 3 N–H and O–H groups in total. The molecular formula is C10H14N6O6S. The van der Waals surface area contributed by atoms with Crippen LogP contribution in [0.3, 0.4) is 0 Å². The summed E-state index contributed by atoms with van der Waals surface area (Å²) in [5.74, 6) is 0.0790. The van der Waals surface area contributed by atoms with Crippen molar-refractivity contribution in [2.75, 3.05) is 13.6 Å². The number of nitrogens with one attached hydrogen (secondary N) is 1. The number of carbonyl (C=O) groups is 1. The Morgan fingerprint density at radius 1 is 1.57 bits per heavy atom. The highest BCUT2D eigenvalue weighted by Crippen LogP contribution is 2.44. The summed E-state index contributed by atoms with van der Waals surface area (Å²) < 4.78 is 36.7. The molecule has 0 aliphatic carbocycles. The summed E-state index contributed by atoms with van der Waals surface area (Å²) in [6.45, 7) is 0.0818. The van der Waals surface area contributed by atoms with E-state index in [-0.39, 0.29) is 12.4 Å². The monoisotopic (exact) mass is 346 g/mol. The number of amides is 2. The fraction of sp³-hybridized carbons (Fsp3) is 0.500. The van der Waals surface area contributed by atoms with E-state index in [1.54, 1.807) is 7.05 Å². The molecule has 2 bridgehead atoms. The second kappa shape index (κ2) is 5.07. The predicted molar refractivity (Wildman–Crippen MR) is 73.5 cm³/mol. The van der Waals surface area contributed by atoms with Crippen molar-refractivity contribution in [2.24, 2.45) is 12.2 Å². The first-order chi connectivity index (χ1) is 10.8. The minimum atomic E-state index is -4.87. The molecule has 126 valence electrons. The van der Waals surface area contributed by atoms with Crippen molar-refractivity contribution in [3.05, 3.63) is 17.5 Å². The molecule has 0 aromatic carbocycles. The summed E-state index contributed by atoms with van der Waals surface area (Å²) in [4.78, 5) is 13.7. The van der Waals surface area contributed by atoms with E-state index in [1.807, 2.05) is 0 Å². The van der Waals surface area contributed by atoms with Crippen LogP contribution in [0, 0.1) is 0 Å². The van der Waals surface area contributed by atoms with Crippen molar-refractivity contribution < 1.29 is 27.3 Å². The topological polar surface area (TPSA) is 150 Å². The number of oxime groups is 1. The minimum absolute atomic E-state index is 0.0790. The average molecular weight is 346 g/mol. The maximum Gasteiger partial charge on any atom is 0.418 e. The number of rotatable bonds is 3. The predicted octanol–water partition coefficient (Wildman–Crippen LogP) is -1.00. The van der Waals surface area contributed by atoms with E-state index in [2.05, 4.69) is 19.9 Å². The van der Waals surface area contributed by atoms with E-state index in [0.717, 1.165) is 0 Å². The number of carbonyl (C=O) groups excluding carboxylic acids is 1. The molecule has 0 spiro atoms. The lowest BCUT2D eigenvalue weighted by molar-refractivity contribution is -0.0316. The highest BCUT2D eigenvalue weighted by atomic mass is 32.3. The number of hydrogen-bond acceptors (Lipinski definition) is 7. The standard InChI is InChI=1S/C10H14N6O6S/c1-11-9(13-18)8-7-5(3-12-14(7)2)6-4-15(8)10(17)16(6)22-23(19,20)21/h3,6,8,18H,4H2,1-2H3,(H,11,13)(H,19,20,21). The van der Waals surface area contributed by atoms with Gasteiger partial charge in [0.2, 0.25) is 0 Å². The summed E-state index contributed by atoms with van der Waals surface area (Å²) in [6.07, 6.45) is 1.47. The molecule has 12 nitrogen and oxygen atoms in total. The Labute approximate surface area is 130 Å². The molecular weight excluding hydrogens is 332 g/mol. The van der Waals surface area contributed by atoms with Gasteiger partial charge in [-0.3, -0.25) is 9.23 Å². The molecule has 2 aliphatic rings. The van der Waals surface area contributed by atoms with Gasteiger partial charge in [-0.2, -0.15) is 18.6 Å². The van der Waals surface area contributed by atoms with Gasteiger partial charge in [-0.25, -0.2) is 4.79 Å². The van der Waals surface area contributed by atoms with Crippen molar-refractivity contribution in [3.63, 3.8) is 0 Å². The Morgan fingerprint density at radius 2 is 2.26 bits per heavy atom. The molecule has 3 rings (SSSR count). The van der Waals surface area contributed by atoms with Crippen LogP contribution in [0.25, 0.3) is 0 Å². The van der Waals surface area contributed by atoms with Gasteiger partial charge in [-0.15, -0.1) is 4.28 Å². The quantitative estimate of drug-likeness (QED) is 0.207. The minimum Gasteiger partial charge on any atom is -0.409 e. The van der Waals surface area contributed by atoms with E-state index in [4.69, 9.17) is 4.55 Å². The van der Waals surface area contributed by atoms with Gasteiger partial charge in [0.1, 0.15) is 12.1 Å². The normalized spacial score (nSPS) is 24.1. The van der Waals surface area contributed by atoms with Crippen LogP contribution in [0.2, 0.25) is 0 Å². The zero-order valence-electron chi connectivity index (χ0n) is 12.1. The van der Waals surface area contributed by atoms with Gasteiger partial charge in [0.25, 0.3) is 0 Å². The van der Waals surface area contributed by atoms with E-state index in [0.29, 0.717) is 16.3 Å². The molecule has 1 aromatic rings. The molecule has 1 fully saturated rings. The number of fused-ring (bicyclic) bond motifs is 4. The first kappa shape index (κ1) is 15.5. The zero-order valence-corrected chi connectivity index (χ0v) is 12.9. The smallest absolute Gasteiger partial charge is 0.409 e. The summed E-state index contributed by atoms with van der Waals surface area (Å²) in [6, 6.07) is -2.35. The van der Waals surface area contributed by atoms with Crippen LogP contribution >= 0.6 is 0 Å². The Balaban J connectivity index is 2.13. The van der Waals surface area contributed by atoms with Crippen molar-refractivity contribution >= 4 is 22.3 Å². The van der Waals surface area contributed by atoms with Crippen LogP contribution in [-0.4, -0.2) is 63.4 Å². The van der Waals surface area contributed by atoms with Gasteiger partial charge in [0.05, 0.1) is 18.4 Å². The van der Waals surface area contributed by atoms with Gasteiger partial charge in [-0.1, -0.05) is 5.16 Å². The molecule has 23 heavy (non-hydrogen) atoms. The maximum atomic E-state index is 12.4. The molecule has 2 aliphatic heterocycles. The number of nitrogens with zero attached hydrogens (tertiary/aromatic N) is 5. The average Bonchev–Trinajstić information content (AvgIpc) is 2.97. The van der Waals surface area contributed by atoms with Crippen molar-refractivity contribution in [2.45, 2.75) is 12.1 Å². The number of urea groups is 1. The van der Waals surface area contributed by atoms with Crippen molar-refractivity contribution in [3.8, 4) is 0 Å². The third-order valence-electron chi connectivity index (χ3n) is 3.83. The SMILES string of the molecule is CN/C(=N\O)C1c2c(cnn2C)C2CN1C(=O)N2OS(=O)(=O)O. The van der Waals surface area contributed by atoms with Crippen LogP contribution in [0.1, 0.15) is 23.3 Å². The Morgan fingerprint density at radius 3 is 2.83 bits per heavy atom. The highest BCUT2D eigenvalue weighted by molar-refractivity contribution is 7.80. The molecule has 3 heterocycles. The molecule has 0 radical (unpaired) electrons. The van der Waals surface area contributed by atoms with E-state index >= 15 is 0 Å². The summed E-state index contributed by atoms with van der Waals surface area (Å²) >= 11 is 0. The number of likely N-dealkylation sites (N-methyl/N-ethyl adjacent to an activating group) is 1. The molecule has 2 unspecified atom stereocenters. The van der Waals surface area contributed by atoms with Crippen LogP contribution in [0.5, 0.6) is 0 Å². The maximum absolute atomic E-state index is 12.4. The van der Waals surface area contributed by atoms with Gasteiger partial charge in [-0.05, 0) is 0 Å². The lowest BCUT2D eigenvalue weighted by Gasteiger charge is -2.31. The van der Waals surface area contributed by atoms with Gasteiger partial charge >= 0.3 is 16.4 Å². The lowest BCUT2D eigenvalue weighted by Crippen LogP contribution is -2.43. The van der Waals surface area contributed by atoms with Crippen molar-refractivity contribution in [1.29, 1.82) is 0 Å². The van der Waals surface area contributed by atoms with Crippen LogP contribution in [0.15, 0.2) is 11.4 Å². The summed E-state index contributed by atoms with van der Waals surface area (Å²) in [7, 11) is -1.71. The first-order valence-corrected chi connectivity index (χ1v) is 7.83. The Hall–Kier alpha value is -2.38. The van der Waals surface area contributed by atoms with Crippen molar-refractivity contribution in [1.82, 2.24) is 25.1 Å². The Bertz CT molecular complexity index is 788. The first-order valence-electron chi connectivity index (χ1n) is 6.46. The number of hydroxylamine groups is 2. The van der Waals surface area contributed by atoms with E-state index in [1.165, 1.54) is 22.8 Å². The molecule has 13 heteroatoms. The van der Waals surface area contributed by atoms with Gasteiger partial charge < -0.3 is 15.4 Å². The largest absolute Gasteiger partial charge is 0.418 e. The number of aryl methyl sites for hydroxylation is 1. The highest BCUT2D eigenvalue weighted by Gasteiger charge is 2.53. The van der Waals surface area contributed by atoms with Crippen LogP contribution < -0.4 is 5.32 Å². The number of aromatic nitrogens is 2. The fourth-order valence-electron chi connectivity index (χ4n) is 2.95. The third-order valence-corrected chi connectivity index (χ3v) is 4.18. The molecule has 1 saturated heterocycles. The number of amidine groups is 1. The number of hydrogen-bond donors (Lipinski definition) is 3. The van der Waals surface area contributed by atoms with E-state index in [9.17, 15) is 18.4 Å². The second-order valence-electron chi connectivity index (χ2n) is 5.03. The van der Waals surface area contributed by atoms with Crippen LogP contribution in [-0.2, 0) is 21.7 Å². The zero-order chi connectivity index (χ0) is 16.9. The molecule has 2 atom stereocenters. The summed E-state index contributed by atoms with van der Waals surface area (Å²) in [5, 5.41) is 19.7. The molecule has 0 saturated carbocycles. The lowest BCUT2D eigenvalue weighted by atomic mass is 9.97. The van der Waals surface area contributed by atoms with E-state index < -0.39 is 28.5 Å². The Kier molecular flexibility index (Phi) is 3.42. The molecule has 1 aromatic heterocycles. The third kappa shape index (κ3) is 2.29.